The molecule has 0 saturated carbocycles. The van der Waals surface area contributed by atoms with Crippen molar-refractivity contribution in [1.29, 1.82) is 0 Å². The summed E-state index contributed by atoms with van der Waals surface area (Å²) < 4.78 is 18.1. The highest BCUT2D eigenvalue weighted by molar-refractivity contribution is 5.87. The molecular formula is C15H16FN3O2. The highest BCUT2D eigenvalue weighted by Crippen LogP contribution is 2.15. The van der Waals surface area contributed by atoms with E-state index in [-0.39, 0.29) is 11.5 Å². The second kappa shape index (κ2) is 6.30. The number of hydrogen-bond donors (Lipinski definition) is 1. The number of carbonyl (C=O) groups excluding carboxylic acids is 1. The maximum atomic E-state index is 13.6. The highest BCUT2D eigenvalue weighted by Gasteiger charge is 2.09. The number of rotatable bonds is 4. The van der Waals surface area contributed by atoms with Crippen LogP contribution in [-0.2, 0) is 11.3 Å². The summed E-state index contributed by atoms with van der Waals surface area (Å²) in [6, 6.07) is 3.54. The molecule has 0 aliphatic heterocycles. The molecule has 1 aromatic carbocycles. The van der Waals surface area contributed by atoms with E-state index < -0.39 is 5.97 Å². The Morgan fingerprint density at radius 3 is 2.57 bits per heavy atom. The second-order valence-electron chi connectivity index (χ2n) is 4.68. The highest BCUT2D eigenvalue weighted by atomic mass is 19.1. The van der Waals surface area contributed by atoms with Gasteiger partial charge >= 0.3 is 5.97 Å². The van der Waals surface area contributed by atoms with Crippen molar-refractivity contribution >= 4 is 11.8 Å². The van der Waals surface area contributed by atoms with E-state index in [1.165, 1.54) is 19.5 Å². The standard InChI is InChI=1S/C15H16FN3O2/c1-9-4-11(5-10(2)14(9)16)6-18-13-8-17-7-12(19-13)15(20)21-3/h4-5,7-8H,6H2,1-3H3,(H,18,19). The van der Waals surface area contributed by atoms with Crippen molar-refractivity contribution in [2.24, 2.45) is 0 Å². The van der Waals surface area contributed by atoms with Crippen molar-refractivity contribution in [3.63, 3.8) is 0 Å². The Bertz CT molecular complexity index is 651. The molecule has 0 bridgehead atoms. The molecule has 1 heterocycles. The Hall–Kier alpha value is -2.50. The maximum Gasteiger partial charge on any atom is 0.358 e. The Kier molecular flexibility index (Phi) is 4.47. The molecule has 1 N–H and O–H groups in total. The molecule has 0 amide bonds. The molecule has 0 unspecified atom stereocenters. The fourth-order valence-electron chi connectivity index (χ4n) is 1.98. The lowest BCUT2D eigenvalue weighted by Gasteiger charge is -2.09. The number of nitrogens with zero attached hydrogens (tertiary/aromatic N) is 2. The van der Waals surface area contributed by atoms with Crippen LogP contribution >= 0.6 is 0 Å². The van der Waals surface area contributed by atoms with E-state index >= 15 is 0 Å². The van der Waals surface area contributed by atoms with E-state index in [9.17, 15) is 9.18 Å². The number of carbonyl (C=O) groups is 1. The summed E-state index contributed by atoms with van der Waals surface area (Å²) >= 11 is 0. The van der Waals surface area contributed by atoms with Crippen molar-refractivity contribution in [3.05, 3.63) is 52.7 Å². The van der Waals surface area contributed by atoms with Crippen LogP contribution in [0.25, 0.3) is 0 Å². The topological polar surface area (TPSA) is 64.1 Å². The number of aromatic nitrogens is 2. The van der Waals surface area contributed by atoms with Crippen LogP contribution in [0.2, 0.25) is 0 Å². The van der Waals surface area contributed by atoms with Crippen molar-refractivity contribution in [2.45, 2.75) is 20.4 Å². The van der Waals surface area contributed by atoms with Gasteiger partial charge in [-0.15, -0.1) is 0 Å². The van der Waals surface area contributed by atoms with Crippen molar-refractivity contribution < 1.29 is 13.9 Å². The summed E-state index contributed by atoms with van der Waals surface area (Å²) in [6.07, 6.45) is 2.85. The van der Waals surface area contributed by atoms with E-state index in [0.29, 0.717) is 23.5 Å². The fourth-order valence-corrected chi connectivity index (χ4v) is 1.98. The smallest absolute Gasteiger partial charge is 0.358 e. The van der Waals surface area contributed by atoms with Gasteiger partial charge in [0, 0.05) is 6.54 Å². The van der Waals surface area contributed by atoms with E-state index in [0.717, 1.165) is 5.56 Å². The molecule has 2 rings (SSSR count). The first-order valence-electron chi connectivity index (χ1n) is 6.41. The lowest BCUT2D eigenvalue weighted by molar-refractivity contribution is 0.0593. The van der Waals surface area contributed by atoms with Crippen LogP contribution in [-0.4, -0.2) is 23.0 Å². The minimum atomic E-state index is -0.542. The first kappa shape index (κ1) is 14.9. The average molecular weight is 289 g/mol. The predicted octanol–water partition coefficient (Wildman–Crippen LogP) is 2.63. The minimum absolute atomic E-state index is 0.133. The number of esters is 1. The molecule has 0 fully saturated rings. The summed E-state index contributed by atoms with van der Waals surface area (Å²) in [5.74, 6) is -0.275. The number of methoxy groups -OCH3 is 1. The van der Waals surface area contributed by atoms with Crippen LogP contribution in [0.1, 0.15) is 27.2 Å². The second-order valence-corrected chi connectivity index (χ2v) is 4.68. The van der Waals surface area contributed by atoms with Gasteiger partial charge in [0.25, 0.3) is 0 Å². The molecule has 0 aliphatic carbocycles. The summed E-state index contributed by atoms with van der Waals surface area (Å²) in [7, 11) is 1.29. The normalized spacial score (nSPS) is 10.3. The van der Waals surface area contributed by atoms with Crippen LogP contribution in [0.5, 0.6) is 0 Å². The summed E-state index contributed by atoms with van der Waals surface area (Å²) in [5, 5.41) is 3.05. The molecule has 0 aliphatic rings. The monoisotopic (exact) mass is 289 g/mol. The fraction of sp³-hybridized carbons (Fsp3) is 0.267. The Labute approximate surface area is 122 Å². The van der Waals surface area contributed by atoms with Crippen LogP contribution in [0.15, 0.2) is 24.5 Å². The predicted molar refractivity (Wildman–Crippen MR) is 76.6 cm³/mol. The molecule has 1 aromatic heterocycles. The number of halogens is 1. The van der Waals surface area contributed by atoms with Crippen LogP contribution in [0, 0.1) is 19.7 Å². The van der Waals surface area contributed by atoms with Gasteiger partial charge in [-0.25, -0.2) is 14.2 Å². The van der Waals surface area contributed by atoms with Crippen LogP contribution < -0.4 is 5.32 Å². The number of aryl methyl sites for hydroxylation is 2. The van der Waals surface area contributed by atoms with Crippen molar-refractivity contribution in [3.8, 4) is 0 Å². The van der Waals surface area contributed by atoms with Crippen molar-refractivity contribution in [1.82, 2.24) is 9.97 Å². The molecule has 0 saturated heterocycles. The zero-order valence-electron chi connectivity index (χ0n) is 12.1. The van der Waals surface area contributed by atoms with Crippen molar-refractivity contribution in [2.75, 3.05) is 12.4 Å². The summed E-state index contributed by atoms with van der Waals surface area (Å²) in [4.78, 5) is 19.4. The first-order chi connectivity index (χ1) is 10.0. The largest absolute Gasteiger partial charge is 0.464 e. The Balaban J connectivity index is 2.11. The number of benzene rings is 1. The summed E-state index contributed by atoms with van der Waals surface area (Å²) in [6.45, 7) is 3.91. The van der Waals surface area contributed by atoms with Gasteiger partial charge in [0.1, 0.15) is 11.6 Å². The van der Waals surface area contributed by atoms with E-state index in [2.05, 4.69) is 20.0 Å². The lowest BCUT2D eigenvalue weighted by Crippen LogP contribution is -2.09. The van der Waals surface area contributed by atoms with E-state index in [1.54, 1.807) is 26.0 Å². The van der Waals surface area contributed by atoms with Gasteiger partial charge in [0.15, 0.2) is 5.69 Å². The molecule has 21 heavy (non-hydrogen) atoms. The van der Waals surface area contributed by atoms with E-state index in [1.807, 2.05) is 0 Å². The van der Waals surface area contributed by atoms with Gasteiger partial charge in [-0.05, 0) is 30.5 Å². The molecule has 5 nitrogen and oxygen atoms in total. The van der Waals surface area contributed by atoms with Gasteiger partial charge in [0.2, 0.25) is 0 Å². The maximum absolute atomic E-state index is 13.6. The number of nitrogens with one attached hydrogen (secondary N) is 1. The van der Waals surface area contributed by atoms with Gasteiger partial charge in [-0.2, -0.15) is 0 Å². The Morgan fingerprint density at radius 1 is 1.29 bits per heavy atom. The SMILES string of the molecule is COC(=O)c1cncc(NCc2cc(C)c(F)c(C)c2)n1. The van der Waals surface area contributed by atoms with Gasteiger partial charge in [0.05, 0.1) is 19.5 Å². The quantitative estimate of drug-likeness (QED) is 0.877. The first-order valence-corrected chi connectivity index (χ1v) is 6.41. The third kappa shape index (κ3) is 3.53. The van der Waals surface area contributed by atoms with Crippen LogP contribution in [0.4, 0.5) is 10.2 Å². The van der Waals surface area contributed by atoms with E-state index in [4.69, 9.17) is 0 Å². The number of anilines is 1. The minimum Gasteiger partial charge on any atom is -0.464 e. The third-order valence-electron chi connectivity index (χ3n) is 3.00. The molecule has 110 valence electrons. The Morgan fingerprint density at radius 2 is 1.95 bits per heavy atom. The molecule has 0 atom stereocenters. The molecule has 0 radical (unpaired) electrons. The molecule has 6 heteroatoms. The van der Waals surface area contributed by atoms with Gasteiger partial charge in [-0.1, -0.05) is 12.1 Å². The lowest BCUT2D eigenvalue weighted by atomic mass is 10.1. The van der Waals surface area contributed by atoms with Gasteiger partial charge in [-0.3, -0.25) is 4.98 Å². The van der Waals surface area contributed by atoms with Crippen LogP contribution in [0.3, 0.4) is 0 Å². The molecule has 2 aromatic rings. The average Bonchev–Trinajstić information content (AvgIpc) is 2.50. The zero-order chi connectivity index (χ0) is 15.4. The third-order valence-corrected chi connectivity index (χ3v) is 3.00. The number of ether oxygens (including phenoxy) is 1. The summed E-state index contributed by atoms with van der Waals surface area (Å²) in [5.41, 5.74) is 2.26. The molecular weight excluding hydrogens is 273 g/mol. The molecule has 0 spiro atoms. The zero-order valence-corrected chi connectivity index (χ0v) is 12.1. The number of hydrogen-bond acceptors (Lipinski definition) is 5. The van der Waals surface area contributed by atoms with Gasteiger partial charge < -0.3 is 10.1 Å².